The molecule has 0 aromatic heterocycles. The first-order chi connectivity index (χ1) is 7.85. The molecule has 0 spiro atoms. The molecule has 0 saturated carbocycles. The van der Waals surface area contributed by atoms with Gasteiger partial charge in [0.1, 0.15) is 6.04 Å². The minimum Gasteiger partial charge on any atom is -0.355 e. The molecule has 98 valence electrons. The van der Waals surface area contributed by atoms with Crippen LogP contribution in [0, 0.1) is 5.41 Å². The molecule has 0 aromatic carbocycles. The van der Waals surface area contributed by atoms with Crippen molar-refractivity contribution in [2.75, 3.05) is 18.2 Å². The standard InChI is InChI=1S/C12H22N2O2S/c1-5-13-11(16)9-7-17-8-14(9)10(15)6-12(2,3)4/h9H,5-8H2,1-4H3,(H,13,16). The van der Waals surface area contributed by atoms with E-state index in [4.69, 9.17) is 0 Å². The molecule has 1 saturated heterocycles. The first kappa shape index (κ1) is 14.4. The molecule has 0 radical (unpaired) electrons. The summed E-state index contributed by atoms with van der Waals surface area (Å²) in [5.74, 6) is 1.40. The zero-order valence-electron chi connectivity index (χ0n) is 11.1. The van der Waals surface area contributed by atoms with E-state index in [0.29, 0.717) is 24.6 Å². The highest BCUT2D eigenvalue weighted by molar-refractivity contribution is 7.99. The van der Waals surface area contributed by atoms with E-state index < -0.39 is 0 Å². The fourth-order valence-corrected chi connectivity index (χ4v) is 2.93. The first-order valence-corrected chi connectivity index (χ1v) is 7.15. The minimum absolute atomic E-state index is 0.0280. The van der Waals surface area contributed by atoms with Gasteiger partial charge in [-0.3, -0.25) is 9.59 Å². The first-order valence-electron chi connectivity index (χ1n) is 6.00. The molecule has 4 nitrogen and oxygen atoms in total. The fourth-order valence-electron chi connectivity index (χ4n) is 1.75. The van der Waals surface area contributed by atoms with Crippen molar-refractivity contribution in [3.8, 4) is 0 Å². The number of thioether (sulfide) groups is 1. The van der Waals surface area contributed by atoms with Crippen molar-refractivity contribution in [3.05, 3.63) is 0 Å². The van der Waals surface area contributed by atoms with E-state index in [-0.39, 0.29) is 23.3 Å². The molecule has 2 amide bonds. The molecule has 1 fully saturated rings. The number of carbonyl (C=O) groups is 2. The van der Waals surface area contributed by atoms with Gasteiger partial charge >= 0.3 is 0 Å². The Morgan fingerprint density at radius 2 is 2.06 bits per heavy atom. The number of nitrogens with zero attached hydrogens (tertiary/aromatic N) is 1. The number of hydrogen-bond donors (Lipinski definition) is 1. The van der Waals surface area contributed by atoms with E-state index in [0.717, 1.165) is 0 Å². The van der Waals surface area contributed by atoms with Crippen LogP contribution in [0.15, 0.2) is 0 Å². The lowest BCUT2D eigenvalue weighted by Gasteiger charge is -2.26. The second-order valence-corrected chi connectivity index (χ2v) is 6.51. The Morgan fingerprint density at radius 1 is 1.41 bits per heavy atom. The zero-order valence-corrected chi connectivity index (χ0v) is 11.9. The van der Waals surface area contributed by atoms with Gasteiger partial charge in [0, 0.05) is 18.7 Å². The summed E-state index contributed by atoms with van der Waals surface area (Å²) >= 11 is 1.64. The maximum atomic E-state index is 12.1. The molecule has 1 N–H and O–H groups in total. The van der Waals surface area contributed by atoms with E-state index in [1.165, 1.54) is 0 Å². The summed E-state index contributed by atoms with van der Waals surface area (Å²) in [5, 5.41) is 2.79. The van der Waals surface area contributed by atoms with Crippen molar-refractivity contribution < 1.29 is 9.59 Å². The molecule has 0 aliphatic carbocycles. The van der Waals surface area contributed by atoms with Gasteiger partial charge in [-0.25, -0.2) is 0 Å². The molecule has 0 aromatic rings. The van der Waals surface area contributed by atoms with E-state index in [2.05, 4.69) is 5.32 Å². The summed E-state index contributed by atoms with van der Waals surface area (Å²) in [6, 6.07) is -0.283. The van der Waals surface area contributed by atoms with E-state index >= 15 is 0 Å². The molecule has 1 unspecified atom stereocenters. The Balaban J connectivity index is 2.63. The summed E-state index contributed by atoms with van der Waals surface area (Å²) in [6.07, 6.45) is 0.490. The minimum atomic E-state index is -0.283. The van der Waals surface area contributed by atoms with Crippen LogP contribution in [0.2, 0.25) is 0 Å². The largest absolute Gasteiger partial charge is 0.355 e. The Morgan fingerprint density at radius 3 is 2.59 bits per heavy atom. The summed E-state index contributed by atoms with van der Waals surface area (Å²) in [6.45, 7) is 8.61. The Kier molecular flexibility index (Phi) is 4.86. The number of rotatable bonds is 3. The summed E-state index contributed by atoms with van der Waals surface area (Å²) < 4.78 is 0. The molecular weight excluding hydrogens is 236 g/mol. The average Bonchev–Trinajstić information content (AvgIpc) is 2.63. The maximum Gasteiger partial charge on any atom is 0.243 e. The highest BCUT2D eigenvalue weighted by Gasteiger charge is 2.35. The lowest BCUT2D eigenvalue weighted by Crippen LogP contribution is -2.47. The maximum absolute atomic E-state index is 12.1. The van der Waals surface area contributed by atoms with E-state index in [1.54, 1.807) is 16.7 Å². The van der Waals surface area contributed by atoms with Gasteiger partial charge in [0.25, 0.3) is 0 Å². The molecule has 1 atom stereocenters. The third-order valence-electron chi connectivity index (χ3n) is 2.54. The Hall–Kier alpha value is -0.710. The lowest BCUT2D eigenvalue weighted by molar-refractivity contribution is -0.139. The Labute approximate surface area is 108 Å². The van der Waals surface area contributed by atoms with Crippen LogP contribution in [0.1, 0.15) is 34.1 Å². The van der Waals surface area contributed by atoms with Crippen LogP contribution in [0.5, 0.6) is 0 Å². The van der Waals surface area contributed by atoms with Gasteiger partial charge in [0.2, 0.25) is 11.8 Å². The van der Waals surface area contributed by atoms with Crippen LogP contribution in [0.25, 0.3) is 0 Å². The van der Waals surface area contributed by atoms with Crippen molar-refractivity contribution in [2.24, 2.45) is 5.41 Å². The monoisotopic (exact) mass is 258 g/mol. The molecule has 1 aliphatic rings. The quantitative estimate of drug-likeness (QED) is 0.834. The number of amides is 2. The van der Waals surface area contributed by atoms with Crippen LogP contribution in [0.4, 0.5) is 0 Å². The second kappa shape index (κ2) is 5.76. The van der Waals surface area contributed by atoms with Gasteiger partial charge < -0.3 is 10.2 Å². The predicted molar refractivity (Wildman–Crippen MR) is 70.7 cm³/mol. The topological polar surface area (TPSA) is 49.4 Å². The van der Waals surface area contributed by atoms with Crippen molar-refractivity contribution in [2.45, 2.75) is 40.2 Å². The highest BCUT2D eigenvalue weighted by Crippen LogP contribution is 2.26. The van der Waals surface area contributed by atoms with Crippen molar-refractivity contribution >= 4 is 23.6 Å². The van der Waals surface area contributed by atoms with Gasteiger partial charge in [0.15, 0.2) is 0 Å². The van der Waals surface area contributed by atoms with Crippen LogP contribution in [-0.4, -0.2) is 40.9 Å². The molecule has 1 aliphatic heterocycles. The van der Waals surface area contributed by atoms with Crippen molar-refractivity contribution in [3.63, 3.8) is 0 Å². The van der Waals surface area contributed by atoms with Gasteiger partial charge in [-0.05, 0) is 12.3 Å². The zero-order chi connectivity index (χ0) is 13.1. The number of hydrogen-bond acceptors (Lipinski definition) is 3. The van der Waals surface area contributed by atoms with Crippen molar-refractivity contribution in [1.29, 1.82) is 0 Å². The van der Waals surface area contributed by atoms with Gasteiger partial charge in [-0.1, -0.05) is 20.8 Å². The third-order valence-corrected chi connectivity index (χ3v) is 3.55. The summed E-state index contributed by atoms with van der Waals surface area (Å²) in [4.78, 5) is 25.6. The van der Waals surface area contributed by atoms with E-state index in [9.17, 15) is 9.59 Å². The molecular formula is C12H22N2O2S. The van der Waals surface area contributed by atoms with Gasteiger partial charge in [-0.2, -0.15) is 0 Å². The number of nitrogens with one attached hydrogen (secondary N) is 1. The second-order valence-electron chi connectivity index (χ2n) is 5.51. The van der Waals surface area contributed by atoms with Crippen LogP contribution < -0.4 is 5.32 Å². The predicted octanol–water partition coefficient (Wildman–Crippen LogP) is 1.46. The summed E-state index contributed by atoms with van der Waals surface area (Å²) in [7, 11) is 0. The van der Waals surface area contributed by atoms with Crippen molar-refractivity contribution in [1.82, 2.24) is 10.2 Å². The average molecular weight is 258 g/mol. The number of likely N-dealkylation sites (N-methyl/N-ethyl adjacent to an activating group) is 1. The lowest BCUT2D eigenvalue weighted by atomic mass is 9.91. The molecule has 5 heteroatoms. The molecule has 1 rings (SSSR count). The van der Waals surface area contributed by atoms with Crippen LogP contribution >= 0.6 is 11.8 Å². The van der Waals surface area contributed by atoms with Gasteiger partial charge in [-0.15, -0.1) is 11.8 Å². The summed E-state index contributed by atoms with van der Waals surface area (Å²) in [5.41, 5.74) is -0.0316. The normalized spacial score (nSPS) is 20.5. The molecule has 17 heavy (non-hydrogen) atoms. The van der Waals surface area contributed by atoms with E-state index in [1.807, 2.05) is 27.7 Å². The van der Waals surface area contributed by atoms with Crippen LogP contribution in [-0.2, 0) is 9.59 Å². The third kappa shape index (κ3) is 4.22. The Bertz CT molecular complexity index is 299. The number of carbonyl (C=O) groups excluding carboxylic acids is 2. The van der Waals surface area contributed by atoms with Crippen LogP contribution in [0.3, 0.4) is 0 Å². The van der Waals surface area contributed by atoms with Gasteiger partial charge in [0.05, 0.1) is 5.88 Å². The molecule has 0 bridgehead atoms. The SMILES string of the molecule is CCNC(=O)C1CSCN1C(=O)CC(C)(C)C. The smallest absolute Gasteiger partial charge is 0.243 e. The highest BCUT2D eigenvalue weighted by atomic mass is 32.2. The fraction of sp³-hybridized carbons (Fsp3) is 0.833. The molecule has 1 heterocycles.